The van der Waals surface area contributed by atoms with E-state index in [0.29, 0.717) is 12.1 Å². The molecule has 0 aliphatic carbocycles. The molecule has 0 radical (unpaired) electrons. The van der Waals surface area contributed by atoms with E-state index >= 15 is 0 Å². The molecule has 3 nitrogen and oxygen atoms in total. The highest BCUT2D eigenvalue weighted by Gasteiger charge is 2.08. The summed E-state index contributed by atoms with van der Waals surface area (Å²) in [6, 6.07) is 6.63. The van der Waals surface area contributed by atoms with E-state index < -0.39 is 0 Å². The summed E-state index contributed by atoms with van der Waals surface area (Å²) in [4.78, 5) is 13.5. The van der Waals surface area contributed by atoms with E-state index in [0.717, 1.165) is 29.3 Å². The highest BCUT2D eigenvalue weighted by Crippen LogP contribution is 2.24. The molecular weight excluding hydrogens is 267 g/mol. The number of aryl methyl sites for hydroxylation is 1. The van der Waals surface area contributed by atoms with E-state index in [4.69, 9.17) is 0 Å². The zero-order valence-electron chi connectivity index (χ0n) is 12.8. The minimum Gasteiger partial charge on any atom is -0.342 e. The monoisotopic (exact) mass is 288 g/mol. The number of rotatable bonds is 4. The molecule has 21 heavy (non-hydrogen) atoms. The Morgan fingerprint density at radius 3 is 2.67 bits per heavy atom. The van der Waals surface area contributed by atoms with Crippen molar-refractivity contribution < 1.29 is 9.18 Å². The Balaban J connectivity index is 0.000000383. The third kappa shape index (κ3) is 4.38. The summed E-state index contributed by atoms with van der Waals surface area (Å²) in [5.41, 5.74) is 2.56. The molecule has 0 saturated heterocycles. The van der Waals surface area contributed by atoms with Crippen molar-refractivity contribution >= 4 is 29.1 Å². The lowest BCUT2D eigenvalue weighted by molar-refractivity contribution is -0.107. The maximum Gasteiger partial charge on any atom is 0.123 e. The van der Waals surface area contributed by atoms with Gasteiger partial charge in [0.25, 0.3) is 0 Å². The van der Waals surface area contributed by atoms with Gasteiger partial charge in [0.05, 0.1) is 11.4 Å². The normalized spacial score (nSPS) is 10.5. The van der Waals surface area contributed by atoms with Crippen LogP contribution < -0.4 is 0 Å². The molecule has 1 aromatic carbocycles. The van der Waals surface area contributed by atoms with Crippen molar-refractivity contribution in [1.29, 1.82) is 0 Å². The van der Waals surface area contributed by atoms with Gasteiger partial charge in [0.2, 0.25) is 0 Å². The number of fused-ring (bicyclic) bond motifs is 1. The number of unbranched alkanes of at least 4 members (excludes halogenated alkanes) is 1. The fourth-order valence-corrected chi connectivity index (χ4v) is 1.94. The van der Waals surface area contributed by atoms with Crippen LogP contribution in [0.25, 0.3) is 16.6 Å². The zero-order valence-corrected chi connectivity index (χ0v) is 12.8. The molecule has 112 valence electrons. The van der Waals surface area contributed by atoms with Crippen LogP contribution >= 0.6 is 0 Å². The lowest BCUT2D eigenvalue weighted by atomic mass is 10.2. The van der Waals surface area contributed by atoms with Crippen molar-refractivity contribution in [1.82, 2.24) is 4.57 Å². The SMILES string of the molecule is C=C(N=CC)c1cc2cc(F)ccc2n1C.CCCC=O. The van der Waals surface area contributed by atoms with Crippen molar-refractivity contribution in [2.75, 3.05) is 0 Å². The summed E-state index contributed by atoms with van der Waals surface area (Å²) in [7, 11) is 1.92. The average Bonchev–Trinajstić information content (AvgIpc) is 2.77. The summed E-state index contributed by atoms with van der Waals surface area (Å²) in [5.74, 6) is -0.228. The van der Waals surface area contributed by atoms with Crippen LogP contribution in [-0.2, 0) is 11.8 Å². The molecule has 2 aromatic rings. The third-order valence-corrected chi connectivity index (χ3v) is 2.99. The van der Waals surface area contributed by atoms with Gasteiger partial charge in [0.1, 0.15) is 12.1 Å². The van der Waals surface area contributed by atoms with E-state index in [1.165, 1.54) is 12.1 Å². The lowest BCUT2D eigenvalue weighted by Gasteiger charge is -2.02. The van der Waals surface area contributed by atoms with Gasteiger partial charge in [0, 0.05) is 30.6 Å². The summed E-state index contributed by atoms with van der Waals surface area (Å²) >= 11 is 0. The van der Waals surface area contributed by atoms with Crippen LogP contribution in [0.2, 0.25) is 0 Å². The summed E-state index contributed by atoms with van der Waals surface area (Å²) in [6.45, 7) is 7.70. The molecule has 2 rings (SSSR count). The minimum atomic E-state index is -0.228. The summed E-state index contributed by atoms with van der Waals surface area (Å²) in [5, 5.41) is 0.866. The molecule has 0 fully saturated rings. The molecule has 0 spiro atoms. The van der Waals surface area contributed by atoms with Crippen molar-refractivity contribution in [3.63, 3.8) is 0 Å². The van der Waals surface area contributed by atoms with Gasteiger partial charge in [-0.25, -0.2) is 4.39 Å². The zero-order chi connectivity index (χ0) is 15.8. The van der Waals surface area contributed by atoms with Gasteiger partial charge in [-0.05, 0) is 37.6 Å². The Hall–Kier alpha value is -2.23. The maximum atomic E-state index is 13.1. The molecule has 1 aromatic heterocycles. The van der Waals surface area contributed by atoms with Crippen LogP contribution in [0.4, 0.5) is 4.39 Å². The van der Waals surface area contributed by atoms with Crippen LogP contribution in [0.3, 0.4) is 0 Å². The van der Waals surface area contributed by atoms with E-state index in [-0.39, 0.29) is 5.82 Å². The molecule has 0 saturated carbocycles. The van der Waals surface area contributed by atoms with Crippen LogP contribution in [0.15, 0.2) is 35.8 Å². The standard InChI is InChI=1S/C13H13FN2.C4H8O/c1-4-15-9(2)13-8-10-7-11(14)5-6-12(10)16(13)3;1-2-3-4-5/h4-8H,2H2,1,3H3;4H,2-3H2,1H3. The van der Waals surface area contributed by atoms with Crippen LogP contribution in [0.1, 0.15) is 32.4 Å². The molecule has 1 heterocycles. The molecule has 0 bridgehead atoms. The van der Waals surface area contributed by atoms with Crippen LogP contribution in [0, 0.1) is 5.82 Å². The average molecular weight is 288 g/mol. The maximum absolute atomic E-state index is 13.1. The molecule has 0 aliphatic rings. The van der Waals surface area contributed by atoms with Crippen LogP contribution in [-0.4, -0.2) is 17.1 Å². The van der Waals surface area contributed by atoms with E-state index in [2.05, 4.69) is 11.6 Å². The van der Waals surface area contributed by atoms with Crippen LogP contribution in [0.5, 0.6) is 0 Å². The molecule has 0 unspecified atom stereocenters. The molecule has 0 N–H and O–H groups in total. The number of aromatic nitrogens is 1. The third-order valence-electron chi connectivity index (χ3n) is 2.99. The van der Waals surface area contributed by atoms with Crippen molar-refractivity contribution in [2.24, 2.45) is 12.0 Å². The lowest BCUT2D eigenvalue weighted by Crippen LogP contribution is -1.93. The first-order chi connectivity index (χ1) is 10.0. The predicted molar refractivity (Wildman–Crippen MR) is 87.0 cm³/mol. The second-order valence-corrected chi connectivity index (χ2v) is 4.58. The van der Waals surface area contributed by atoms with Gasteiger partial charge in [-0.1, -0.05) is 13.5 Å². The Kier molecular flexibility index (Phi) is 6.53. The topological polar surface area (TPSA) is 34.4 Å². The molecule has 0 atom stereocenters. The number of carbonyl (C=O) groups is 1. The number of aliphatic imine (C=N–C) groups is 1. The van der Waals surface area contributed by atoms with E-state index in [1.807, 2.05) is 31.5 Å². The summed E-state index contributed by atoms with van der Waals surface area (Å²) < 4.78 is 15.0. The molecule has 0 aliphatic heterocycles. The molecule has 4 heteroatoms. The largest absolute Gasteiger partial charge is 0.342 e. The quantitative estimate of drug-likeness (QED) is 0.608. The number of benzene rings is 1. The Bertz CT molecular complexity index is 656. The first-order valence-electron chi connectivity index (χ1n) is 6.91. The minimum absolute atomic E-state index is 0.228. The predicted octanol–water partition coefficient (Wildman–Crippen LogP) is 4.36. The second kappa shape index (κ2) is 8.15. The number of halogens is 1. The van der Waals surface area contributed by atoms with E-state index in [1.54, 1.807) is 12.3 Å². The van der Waals surface area contributed by atoms with Crippen molar-refractivity contribution in [2.45, 2.75) is 26.7 Å². The molecule has 0 amide bonds. The Morgan fingerprint density at radius 1 is 1.43 bits per heavy atom. The number of aldehydes is 1. The van der Waals surface area contributed by atoms with Crippen molar-refractivity contribution in [3.05, 3.63) is 42.4 Å². The fourth-order valence-electron chi connectivity index (χ4n) is 1.94. The first-order valence-corrected chi connectivity index (χ1v) is 6.91. The smallest absolute Gasteiger partial charge is 0.123 e. The fraction of sp³-hybridized carbons (Fsp3) is 0.294. The number of carbonyl (C=O) groups excluding carboxylic acids is 1. The van der Waals surface area contributed by atoms with Gasteiger partial charge in [0.15, 0.2) is 0 Å². The van der Waals surface area contributed by atoms with Crippen molar-refractivity contribution in [3.8, 4) is 0 Å². The van der Waals surface area contributed by atoms with Gasteiger partial charge in [-0.15, -0.1) is 0 Å². The van der Waals surface area contributed by atoms with E-state index in [9.17, 15) is 9.18 Å². The highest BCUT2D eigenvalue weighted by molar-refractivity contribution is 5.86. The summed E-state index contributed by atoms with van der Waals surface area (Å²) in [6.07, 6.45) is 4.31. The number of hydrogen-bond acceptors (Lipinski definition) is 2. The van der Waals surface area contributed by atoms with Gasteiger partial charge < -0.3 is 9.36 Å². The highest BCUT2D eigenvalue weighted by atomic mass is 19.1. The van der Waals surface area contributed by atoms with Gasteiger partial charge in [-0.2, -0.15) is 0 Å². The molecular formula is C17H21FN2O. The van der Waals surface area contributed by atoms with Gasteiger partial charge >= 0.3 is 0 Å². The second-order valence-electron chi connectivity index (χ2n) is 4.58. The van der Waals surface area contributed by atoms with Gasteiger partial charge in [-0.3, -0.25) is 4.99 Å². The number of nitrogens with zero attached hydrogens (tertiary/aromatic N) is 2. The first kappa shape index (κ1) is 16.8. The Morgan fingerprint density at radius 2 is 2.14 bits per heavy atom. The number of hydrogen-bond donors (Lipinski definition) is 0. The Labute approximate surface area is 124 Å².